The van der Waals surface area contributed by atoms with E-state index in [-0.39, 0.29) is 0 Å². The van der Waals surface area contributed by atoms with Crippen LogP contribution in [0.5, 0.6) is 0 Å². The summed E-state index contributed by atoms with van der Waals surface area (Å²) >= 11 is 6.12. The Morgan fingerprint density at radius 2 is 2.19 bits per heavy atom. The van der Waals surface area contributed by atoms with Crippen molar-refractivity contribution in [3.8, 4) is 0 Å². The molecule has 1 saturated heterocycles. The summed E-state index contributed by atoms with van der Waals surface area (Å²) in [6.45, 7) is 1.80. The Hall–Kier alpha value is -1.39. The number of nitrogens with zero attached hydrogens (tertiary/aromatic N) is 3. The van der Waals surface area contributed by atoms with E-state index in [4.69, 9.17) is 16.1 Å². The SMILES string of the molecule is Clc1cccc(C2CCCN2Cc2nc(C3CC3)no2)c1. The minimum absolute atomic E-state index is 0.403. The minimum Gasteiger partial charge on any atom is -0.338 e. The van der Waals surface area contributed by atoms with Crippen LogP contribution < -0.4 is 0 Å². The van der Waals surface area contributed by atoms with Gasteiger partial charge in [-0.25, -0.2) is 0 Å². The molecule has 0 radical (unpaired) electrons. The summed E-state index contributed by atoms with van der Waals surface area (Å²) in [4.78, 5) is 6.95. The summed E-state index contributed by atoms with van der Waals surface area (Å²) in [6, 6.07) is 8.56. The molecule has 1 atom stereocenters. The highest BCUT2D eigenvalue weighted by Crippen LogP contribution is 2.38. The molecule has 1 aliphatic carbocycles. The largest absolute Gasteiger partial charge is 0.338 e. The van der Waals surface area contributed by atoms with Gasteiger partial charge in [-0.05, 0) is 49.9 Å². The van der Waals surface area contributed by atoms with Crippen molar-refractivity contribution >= 4 is 11.6 Å². The van der Waals surface area contributed by atoms with Gasteiger partial charge in [0.05, 0.1) is 6.54 Å². The standard InChI is InChI=1S/C16H18ClN3O/c17-13-4-1-3-12(9-13)14-5-2-8-20(14)10-15-18-16(19-21-15)11-6-7-11/h1,3-4,9,11,14H,2,5-8,10H2. The van der Waals surface area contributed by atoms with Gasteiger partial charge in [-0.3, -0.25) is 4.90 Å². The highest BCUT2D eigenvalue weighted by atomic mass is 35.5. The van der Waals surface area contributed by atoms with E-state index >= 15 is 0 Å². The van der Waals surface area contributed by atoms with Gasteiger partial charge in [0.15, 0.2) is 5.82 Å². The monoisotopic (exact) mass is 303 g/mol. The smallest absolute Gasteiger partial charge is 0.240 e. The number of halogens is 1. The van der Waals surface area contributed by atoms with Gasteiger partial charge in [0.25, 0.3) is 0 Å². The topological polar surface area (TPSA) is 42.2 Å². The molecule has 0 bridgehead atoms. The Labute approximate surface area is 129 Å². The Bertz CT molecular complexity index is 638. The van der Waals surface area contributed by atoms with Crippen LogP contribution in [0.3, 0.4) is 0 Å². The maximum Gasteiger partial charge on any atom is 0.240 e. The summed E-state index contributed by atoms with van der Waals surface area (Å²) in [5.41, 5.74) is 1.28. The molecule has 21 heavy (non-hydrogen) atoms. The van der Waals surface area contributed by atoms with Crippen LogP contribution in [0.4, 0.5) is 0 Å². The second kappa shape index (κ2) is 5.43. The average Bonchev–Trinajstić information content (AvgIpc) is 3.05. The zero-order valence-electron chi connectivity index (χ0n) is 11.8. The van der Waals surface area contributed by atoms with Crippen molar-refractivity contribution < 1.29 is 4.52 Å². The lowest BCUT2D eigenvalue weighted by molar-refractivity contribution is 0.212. The van der Waals surface area contributed by atoms with E-state index in [0.717, 1.165) is 36.2 Å². The number of likely N-dealkylation sites (tertiary alicyclic amines) is 1. The van der Waals surface area contributed by atoms with E-state index in [9.17, 15) is 0 Å². The third-order valence-corrected chi connectivity index (χ3v) is 4.60. The van der Waals surface area contributed by atoms with Crippen LogP contribution in [-0.4, -0.2) is 21.6 Å². The highest BCUT2D eigenvalue weighted by Gasteiger charge is 2.31. The molecule has 0 amide bonds. The van der Waals surface area contributed by atoms with Crippen LogP contribution in [0.25, 0.3) is 0 Å². The fourth-order valence-electron chi connectivity index (χ4n) is 3.12. The van der Waals surface area contributed by atoms with Crippen molar-refractivity contribution in [1.82, 2.24) is 15.0 Å². The molecule has 1 aromatic heterocycles. The molecule has 2 fully saturated rings. The Morgan fingerprint density at radius 3 is 3.00 bits per heavy atom. The molecule has 2 aliphatic rings. The second-order valence-electron chi connectivity index (χ2n) is 6.00. The lowest BCUT2D eigenvalue weighted by Gasteiger charge is -2.23. The van der Waals surface area contributed by atoms with E-state index in [2.05, 4.69) is 27.2 Å². The zero-order valence-corrected chi connectivity index (χ0v) is 12.6. The number of hydrogen-bond donors (Lipinski definition) is 0. The van der Waals surface area contributed by atoms with Crippen molar-refractivity contribution in [2.75, 3.05) is 6.54 Å². The first-order chi connectivity index (χ1) is 10.3. The van der Waals surface area contributed by atoms with Gasteiger partial charge in [0.2, 0.25) is 5.89 Å². The van der Waals surface area contributed by atoms with Crippen molar-refractivity contribution in [3.63, 3.8) is 0 Å². The third kappa shape index (κ3) is 2.83. The first-order valence-corrected chi connectivity index (χ1v) is 7.99. The predicted molar refractivity (Wildman–Crippen MR) is 80.1 cm³/mol. The molecule has 4 nitrogen and oxygen atoms in total. The van der Waals surface area contributed by atoms with Crippen molar-refractivity contribution in [1.29, 1.82) is 0 Å². The maximum absolute atomic E-state index is 6.12. The van der Waals surface area contributed by atoms with E-state index in [1.165, 1.54) is 24.8 Å². The Kier molecular flexibility index (Phi) is 3.43. The number of benzene rings is 1. The number of hydrogen-bond acceptors (Lipinski definition) is 4. The van der Waals surface area contributed by atoms with Gasteiger partial charge in [-0.2, -0.15) is 4.98 Å². The first kappa shape index (κ1) is 13.3. The van der Waals surface area contributed by atoms with Gasteiger partial charge in [0.1, 0.15) is 0 Å². The van der Waals surface area contributed by atoms with Crippen LogP contribution >= 0.6 is 11.6 Å². The Morgan fingerprint density at radius 1 is 1.29 bits per heavy atom. The third-order valence-electron chi connectivity index (χ3n) is 4.36. The van der Waals surface area contributed by atoms with Gasteiger partial charge >= 0.3 is 0 Å². The quantitative estimate of drug-likeness (QED) is 0.858. The lowest BCUT2D eigenvalue weighted by atomic mass is 10.0. The summed E-state index contributed by atoms with van der Waals surface area (Å²) < 4.78 is 5.41. The van der Waals surface area contributed by atoms with Crippen LogP contribution in [0.15, 0.2) is 28.8 Å². The summed E-state index contributed by atoms with van der Waals surface area (Å²) in [7, 11) is 0. The molecule has 1 aromatic carbocycles. The normalized spacial score (nSPS) is 22.8. The zero-order chi connectivity index (χ0) is 14.2. The molecular formula is C16H18ClN3O. The van der Waals surface area contributed by atoms with Crippen LogP contribution in [0, 0.1) is 0 Å². The molecule has 2 heterocycles. The fourth-order valence-corrected chi connectivity index (χ4v) is 3.32. The van der Waals surface area contributed by atoms with E-state index < -0.39 is 0 Å². The Balaban J connectivity index is 1.50. The summed E-state index contributed by atoms with van der Waals surface area (Å²) in [5, 5.41) is 4.90. The molecule has 1 aliphatic heterocycles. The molecule has 0 N–H and O–H groups in total. The highest BCUT2D eigenvalue weighted by molar-refractivity contribution is 6.30. The molecule has 0 spiro atoms. The van der Waals surface area contributed by atoms with E-state index in [0.29, 0.717) is 12.0 Å². The molecule has 1 unspecified atom stereocenters. The maximum atomic E-state index is 6.12. The molecule has 5 heteroatoms. The molecule has 1 saturated carbocycles. The van der Waals surface area contributed by atoms with Crippen LogP contribution in [0.2, 0.25) is 5.02 Å². The molecule has 2 aromatic rings. The van der Waals surface area contributed by atoms with Gasteiger partial charge in [0, 0.05) is 17.0 Å². The average molecular weight is 304 g/mol. The molecule has 110 valence electrons. The predicted octanol–water partition coefficient (Wildman–Crippen LogP) is 3.94. The first-order valence-electron chi connectivity index (χ1n) is 7.61. The van der Waals surface area contributed by atoms with Crippen molar-refractivity contribution in [2.24, 2.45) is 0 Å². The van der Waals surface area contributed by atoms with Crippen molar-refractivity contribution in [2.45, 2.75) is 44.2 Å². The second-order valence-corrected chi connectivity index (χ2v) is 6.44. The van der Waals surface area contributed by atoms with Gasteiger partial charge in [-0.1, -0.05) is 28.9 Å². The van der Waals surface area contributed by atoms with Crippen molar-refractivity contribution in [3.05, 3.63) is 46.6 Å². The van der Waals surface area contributed by atoms with Crippen LogP contribution in [-0.2, 0) is 6.54 Å². The minimum atomic E-state index is 0.403. The van der Waals surface area contributed by atoms with E-state index in [1.54, 1.807) is 0 Å². The number of aromatic nitrogens is 2. The van der Waals surface area contributed by atoms with Gasteiger partial charge < -0.3 is 4.52 Å². The number of rotatable bonds is 4. The summed E-state index contributed by atoms with van der Waals surface area (Å²) in [6.07, 6.45) is 4.76. The molecular weight excluding hydrogens is 286 g/mol. The van der Waals surface area contributed by atoms with E-state index in [1.807, 2.05) is 12.1 Å². The lowest BCUT2D eigenvalue weighted by Crippen LogP contribution is -2.23. The summed E-state index contributed by atoms with van der Waals surface area (Å²) in [5.74, 6) is 2.18. The van der Waals surface area contributed by atoms with Gasteiger partial charge in [-0.15, -0.1) is 0 Å². The van der Waals surface area contributed by atoms with Crippen LogP contribution in [0.1, 0.15) is 54.9 Å². The fraction of sp³-hybridized carbons (Fsp3) is 0.500. The molecule has 4 rings (SSSR count).